The van der Waals surface area contributed by atoms with E-state index in [0.717, 1.165) is 5.56 Å². The highest BCUT2D eigenvalue weighted by Gasteiger charge is 2.17. The van der Waals surface area contributed by atoms with Crippen LogP contribution < -0.4 is 10.6 Å². The third kappa shape index (κ3) is 4.97. The lowest BCUT2D eigenvalue weighted by molar-refractivity contribution is -0.139. The van der Waals surface area contributed by atoms with E-state index in [-0.39, 0.29) is 0 Å². The van der Waals surface area contributed by atoms with Crippen LogP contribution in [0.3, 0.4) is 0 Å². The largest absolute Gasteiger partial charge is 0.480 e. The van der Waals surface area contributed by atoms with Gasteiger partial charge in [-0.2, -0.15) is 0 Å². The molecule has 0 fully saturated rings. The summed E-state index contributed by atoms with van der Waals surface area (Å²) >= 11 is 0. The maximum atomic E-state index is 11.6. The molecule has 0 spiro atoms. The highest BCUT2D eigenvalue weighted by molar-refractivity contribution is 5.92. The minimum absolute atomic E-state index is 0.329. The molecular weight excluding hydrogens is 248 g/mol. The molecule has 0 saturated carbocycles. The second kappa shape index (κ2) is 7.38. The first kappa shape index (κ1) is 15.0. The average molecular weight is 266 g/mol. The highest BCUT2D eigenvalue weighted by atomic mass is 16.5. The second-order valence-corrected chi connectivity index (χ2v) is 4.03. The van der Waals surface area contributed by atoms with Gasteiger partial charge in [0.05, 0.1) is 6.61 Å². The topological polar surface area (TPSA) is 87.7 Å². The molecule has 3 N–H and O–H groups in total. The Morgan fingerprint density at radius 3 is 2.42 bits per heavy atom. The van der Waals surface area contributed by atoms with E-state index in [4.69, 9.17) is 9.84 Å². The van der Waals surface area contributed by atoms with Crippen molar-refractivity contribution < 1.29 is 19.4 Å². The van der Waals surface area contributed by atoms with Gasteiger partial charge in [0.25, 0.3) is 0 Å². The molecule has 19 heavy (non-hydrogen) atoms. The van der Waals surface area contributed by atoms with Gasteiger partial charge in [-0.15, -0.1) is 0 Å². The van der Waals surface area contributed by atoms with Crippen molar-refractivity contribution in [2.24, 2.45) is 0 Å². The fraction of sp³-hybridized carbons (Fsp3) is 0.385. The van der Waals surface area contributed by atoms with E-state index >= 15 is 0 Å². The van der Waals surface area contributed by atoms with Crippen LogP contribution >= 0.6 is 0 Å². The van der Waals surface area contributed by atoms with E-state index in [9.17, 15) is 9.59 Å². The molecule has 6 heteroatoms. The van der Waals surface area contributed by atoms with Gasteiger partial charge >= 0.3 is 12.0 Å². The van der Waals surface area contributed by atoms with Crippen molar-refractivity contribution >= 4 is 17.7 Å². The van der Waals surface area contributed by atoms with Crippen LogP contribution in [-0.2, 0) is 16.1 Å². The minimum atomic E-state index is -1.05. The van der Waals surface area contributed by atoms with Crippen molar-refractivity contribution in [2.45, 2.75) is 26.0 Å². The number of hydrogen-bond acceptors (Lipinski definition) is 3. The summed E-state index contributed by atoms with van der Waals surface area (Å²) in [5, 5.41) is 13.8. The van der Waals surface area contributed by atoms with Crippen LogP contribution in [0.15, 0.2) is 24.3 Å². The van der Waals surface area contributed by atoms with Crippen LogP contribution in [0.2, 0.25) is 0 Å². The molecule has 1 atom stereocenters. The molecule has 0 bridgehead atoms. The molecule has 0 heterocycles. The van der Waals surface area contributed by atoms with E-state index in [1.54, 1.807) is 26.2 Å². The van der Waals surface area contributed by atoms with E-state index in [1.165, 1.54) is 0 Å². The van der Waals surface area contributed by atoms with Gasteiger partial charge in [0, 0.05) is 12.8 Å². The zero-order valence-electron chi connectivity index (χ0n) is 11.0. The van der Waals surface area contributed by atoms with Crippen LogP contribution in [0.4, 0.5) is 10.5 Å². The Morgan fingerprint density at radius 1 is 1.32 bits per heavy atom. The third-order valence-corrected chi connectivity index (χ3v) is 2.53. The van der Waals surface area contributed by atoms with Gasteiger partial charge in [-0.05, 0) is 24.1 Å². The molecule has 104 valence electrons. The summed E-state index contributed by atoms with van der Waals surface area (Å²) in [5.41, 5.74) is 1.59. The number of carbonyl (C=O) groups excluding carboxylic acids is 1. The highest BCUT2D eigenvalue weighted by Crippen LogP contribution is 2.10. The predicted octanol–water partition coefficient (Wildman–Crippen LogP) is 1.82. The quantitative estimate of drug-likeness (QED) is 0.732. The molecule has 1 aromatic rings. The number of aliphatic carboxylic acids is 1. The standard InChI is InChI=1S/C13H18N2O4/c1-3-11(12(16)17)15-13(18)14-10-6-4-9(5-7-10)8-19-2/h4-7,11H,3,8H2,1-2H3,(H,16,17)(H2,14,15,18). The number of urea groups is 1. The number of nitrogens with one attached hydrogen (secondary N) is 2. The van der Waals surface area contributed by atoms with E-state index in [0.29, 0.717) is 18.7 Å². The number of carboxylic acids is 1. The van der Waals surface area contributed by atoms with Crippen molar-refractivity contribution in [1.82, 2.24) is 5.32 Å². The summed E-state index contributed by atoms with van der Waals surface area (Å²) in [6.45, 7) is 2.20. The number of carbonyl (C=O) groups is 2. The zero-order chi connectivity index (χ0) is 14.3. The normalized spacial score (nSPS) is 11.7. The third-order valence-electron chi connectivity index (χ3n) is 2.53. The molecule has 0 aliphatic carbocycles. The summed E-state index contributed by atoms with van der Waals surface area (Å²) < 4.78 is 4.98. The molecule has 1 aromatic carbocycles. The number of rotatable bonds is 6. The van der Waals surface area contributed by atoms with Gasteiger partial charge in [-0.3, -0.25) is 0 Å². The van der Waals surface area contributed by atoms with Crippen LogP contribution in [0, 0.1) is 0 Å². The zero-order valence-corrected chi connectivity index (χ0v) is 11.0. The molecule has 0 radical (unpaired) electrons. The van der Waals surface area contributed by atoms with Crippen molar-refractivity contribution in [1.29, 1.82) is 0 Å². The fourth-order valence-electron chi connectivity index (χ4n) is 1.51. The Morgan fingerprint density at radius 2 is 1.95 bits per heavy atom. The first-order chi connectivity index (χ1) is 9.06. The Bertz CT molecular complexity index is 431. The first-order valence-electron chi connectivity index (χ1n) is 5.95. The number of amides is 2. The lowest BCUT2D eigenvalue weighted by atomic mass is 10.2. The maximum Gasteiger partial charge on any atom is 0.326 e. The Kier molecular flexibility index (Phi) is 5.81. The monoisotopic (exact) mass is 266 g/mol. The van der Waals surface area contributed by atoms with Gasteiger partial charge in [-0.1, -0.05) is 19.1 Å². The van der Waals surface area contributed by atoms with Crippen molar-refractivity contribution in [3.8, 4) is 0 Å². The number of anilines is 1. The Hall–Kier alpha value is -2.08. The maximum absolute atomic E-state index is 11.6. The Labute approximate surface area is 111 Å². The number of carboxylic acid groups (broad SMARTS) is 1. The molecule has 1 unspecified atom stereocenters. The van der Waals surface area contributed by atoms with Gasteiger partial charge in [0.15, 0.2) is 0 Å². The SMILES string of the molecule is CCC(NC(=O)Nc1ccc(COC)cc1)C(=O)O. The molecule has 2 amide bonds. The van der Waals surface area contributed by atoms with E-state index in [1.807, 2.05) is 12.1 Å². The summed E-state index contributed by atoms with van der Waals surface area (Å²) in [5.74, 6) is -1.05. The summed E-state index contributed by atoms with van der Waals surface area (Å²) in [6.07, 6.45) is 0.329. The summed E-state index contributed by atoms with van der Waals surface area (Å²) in [6, 6.07) is 5.70. The predicted molar refractivity (Wildman–Crippen MR) is 71.0 cm³/mol. The molecule has 0 aliphatic rings. The summed E-state index contributed by atoms with van der Waals surface area (Å²) in [7, 11) is 1.61. The molecule has 6 nitrogen and oxygen atoms in total. The number of methoxy groups -OCH3 is 1. The van der Waals surface area contributed by atoms with E-state index < -0.39 is 18.0 Å². The number of ether oxygens (including phenoxy) is 1. The van der Waals surface area contributed by atoms with Crippen molar-refractivity contribution in [3.63, 3.8) is 0 Å². The molecule has 1 rings (SSSR count). The van der Waals surface area contributed by atoms with Crippen LogP contribution in [-0.4, -0.2) is 30.3 Å². The van der Waals surface area contributed by atoms with Gasteiger partial charge in [-0.25, -0.2) is 9.59 Å². The average Bonchev–Trinajstić information content (AvgIpc) is 2.38. The fourth-order valence-corrected chi connectivity index (χ4v) is 1.51. The Balaban J connectivity index is 2.54. The second-order valence-electron chi connectivity index (χ2n) is 4.03. The van der Waals surface area contributed by atoms with Gasteiger partial charge in [0.2, 0.25) is 0 Å². The van der Waals surface area contributed by atoms with Crippen molar-refractivity contribution in [3.05, 3.63) is 29.8 Å². The smallest absolute Gasteiger partial charge is 0.326 e. The number of hydrogen-bond donors (Lipinski definition) is 3. The summed E-state index contributed by atoms with van der Waals surface area (Å²) in [4.78, 5) is 22.4. The van der Waals surface area contributed by atoms with Gasteiger partial charge < -0.3 is 20.5 Å². The van der Waals surface area contributed by atoms with Crippen LogP contribution in [0.1, 0.15) is 18.9 Å². The van der Waals surface area contributed by atoms with Crippen LogP contribution in [0.5, 0.6) is 0 Å². The number of benzene rings is 1. The molecular formula is C13H18N2O4. The lowest BCUT2D eigenvalue weighted by Crippen LogP contribution is -2.42. The van der Waals surface area contributed by atoms with E-state index in [2.05, 4.69) is 10.6 Å². The minimum Gasteiger partial charge on any atom is -0.480 e. The van der Waals surface area contributed by atoms with Crippen molar-refractivity contribution in [2.75, 3.05) is 12.4 Å². The molecule has 0 aromatic heterocycles. The first-order valence-corrected chi connectivity index (χ1v) is 5.95. The van der Waals surface area contributed by atoms with Crippen LogP contribution in [0.25, 0.3) is 0 Å². The lowest BCUT2D eigenvalue weighted by Gasteiger charge is -2.13. The molecule has 0 aliphatic heterocycles. The van der Waals surface area contributed by atoms with Gasteiger partial charge in [0.1, 0.15) is 6.04 Å². The molecule has 0 saturated heterocycles.